The van der Waals surface area contributed by atoms with E-state index >= 15 is 0 Å². The van der Waals surface area contributed by atoms with Gasteiger partial charge in [0.15, 0.2) is 0 Å². The molecule has 1 aromatic rings. The smallest absolute Gasteiger partial charge is 0.127 e. The standard InChI is InChI=1S/C17H27NO2/c1-12-8-9-14(15(20-5)13(12)2)16(19)17(3,4)18-10-6-7-11-18/h8-9,16,19H,6-7,10-11H2,1-5H3. The van der Waals surface area contributed by atoms with E-state index in [9.17, 15) is 5.11 Å². The molecule has 1 unspecified atom stereocenters. The molecule has 0 aromatic heterocycles. The van der Waals surface area contributed by atoms with Gasteiger partial charge in [-0.25, -0.2) is 0 Å². The first-order valence-corrected chi connectivity index (χ1v) is 7.46. The van der Waals surface area contributed by atoms with E-state index in [1.165, 1.54) is 18.4 Å². The molecule has 0 saturated carbocycles. The maximum atomic E-state index is 10.9. The van der Waals surface area contributed by atoms with Gasteiger partial charge in [-0.3, -0.25) is 4.90 Å². The summed E-state index contributed by atoms with van der Waals surface area (Å²) in [6.07, 6.45) is 1.90. The second kappa shape index (κ2) is 5.74. The Kier molecular flexibility index (Phi) is 4.40. The molecule has 1 fully saturated rings. The molecule has 1 saturated heterocycles. The molecular weight excluding hydrogens is 250 g/mol. The molecule has 0 bridgehead atoms. The van der Waals surface area contributed by atoms with Crippen LogP contribution in [-0.4, -0.2) is 35.7 Å². The minimum Gasteiger partial charge on any atom is -0.496 e. The average molecular weight is 277 g/mol. The SMILES string of the molecule is COc1c(C(O)C(C)(C)N2CCCC2)ccc(C)c1C. The average Bonchev–Trinajstić information content (AvgIpc) is 2.95. The molecule has 112 valence electrons. The predicted octanol–water partition coefficient (Wildman–Crippen LogP) is 3.22. The van der Waals surface area contributed by atoms with Gasteiger partial charge in [-0.2, -0.15) is 0 Å². The van der Waals surface area contributed by atoms with Crippen molar-refractivity contribution >= 4 is 0 Å². The molecule has 2 rings (SSSR count). The summed E-state index contributed by atoms with van der Waals surface area (Å²) in [4.78, 5) is 2.38. The highest BCUT2D eigenvalue weighted by molar-refractivity contribution is 5.47. The van der Waals surface area contributed by atoms with E-state index in [0.717, 1.165) is 30.0 Å². The number of nitrogens with zero attached hydrogens (tertiary/aromatic N) is 1. The van der Waals surface area contributed by atoms with Crippen LogP contribution in [0, 0.1) is 13.8 Å². The zero-order chi connectivity index (χ0) is 14.9. The lowest BCUT2D eigenvalue weighted by molar-refractivity contribution is 0.0000201. The first-order chi connectivity index (χ1) is 9.39. The molecule has 1 aliphatic heterocycles. The summed E-state index contributed by atoms with van der Waals surface area (Å²) < 4.78 is 5.56. The van der Waals surface area contributed by atoms with Gasteiger partial charge in [0.25, 0.3) is 0 Å². The Morgan fingerprint density at radius 2 is 1.80 bits per heavy atom. The van der Waals surface area contributed by atoms with Gasteiger partial charge < -0.3 is 9.84 Å². The first kappa shape index (κ1) is 15.3. The Hall–Kier alpha value is -1.06. The summed E-state index contributed by atoms with van der Waals surface area (Å²) in [7, 11) is 1.68. The van der Waals surface area contributed by atoms with E-state index in [1.54, 1.807) is 7.11 Å². The largest absolute Gasteiger partial charge is 0.496 e. The zero-order valence-electron chi connectivity index (χ0n) is 13.4. The molecule has 3 heteroatoms. The van der Waals surface area contributed by atoms with Crippen molar-refractivity contribution in [2.45, 2.75) is 52.2 Å². The molecule has 1 atom stereocenters. The van der Waals surface area contributed by atoms with Crippen LogP contribution in [0.5, 0.6) is 5.75 Å². The zero-order valence-corrected chi connectivity index (χ0v) is 13.4. The van der Waals surface area contributed by atoms with Crippen LogP contribution in [0.1, 0.15) is 49.5 Å². The Morgan fingerprint density at radius 1 is 1.20 bits per heavy atom. The van der Waals surface area contributed by atoms with Gasteiger partial charge in [0, 0.05) is 11.1 Å². The third kappa shape index (κ3) is 2.57. The third-order valence-corrected chi connectivity index (χ3v) is 4.80. The Morgan fingerprint density at radius 3 is 2.35 bits per heavy atom. The summed E-state index contributed by atoms with van der Waals surface area (Å²) in [5.41, 5.74) is 2.93. The minimum atomic E-state index is -0.546. The summed E-state index contributed by atoms with van der Waals surface area (Å²) >= 11 is 0. The lowest BCUT2D eigenvalue weighted by atomic mass is 9.87. The lowest BCUT2D eigenvalue weighted by Gasteiger charge is -2.40. The van der Waals surface area contributed by atoms with Gasteiger partial charge in [-0.1, -0.05) is 12.1 Å². The van der Waals surface area contributed by atoms with E-state index in [-0.39, 0.29) is 5.54 Å². The van der Waals surface area contributed by atoms with E-state index < -0.39 is 6.10 Å². The summed E-state index contributed by atoms with van der Waals surface area (Å²) in [5, 5.41) is 10.9. The molecule has 20 heavy (non-hydrogen) atoms. The van der Waals surface area contributed by atoms with Crippen molar-refractivity contribution in [1.82, 2.24) is 4.90 Å². The van der Waals surface area contributed by atoms with Crippen LogP contribution in [-0.2, 0) is 0 Å². The number of rotatable bonds is 4. The number of hydrogen-bond donors (Lipinski definition) is 1. The molecule has 0 amide bonds. The van der Waals surface area contributed by atoms with Crippen LogP contribution in [0.25, 0.3) is 0 Å². The van der Waals surface area contributed by atoms with Crippen molar-refractivity contribution in [3.8, 4) is 5.75 Å². The number of aliphatic hydroxyl groups is 1. The molecule has 1 N–H and O–H groups in total. The van der Waals surface area contributed by atoms with Gasteiger partial charge in [-0.15, -0.1) is 0 Å². The molecule has 0 spiro atoms. The highest BCUT2D eigenvalue weighted by Crippen LogP contribution is 2.39. The Bertz CT molecular complexity index is 476. The predicted molar refractivity (Wildman–Crippen MR) is 82.3 cm³/mol. The quantitative estimate of drug-likeness (QED) is 0.917. The molecular formula is C17H27NO2. The second-order valence-electron chi connectivity index (χ2n) is 6.38. The van der Waals surface area contributed by atoms with Crippen molar-refractivity contribution in [1.29, 1.82) is 0 Å². The van der Waals surface area contributed by atoms with E-state index in [4.69, 9.17) is 4.74 Å². The summed E-state index contributed by atoms with van der Waals surface area (Å²) in [5.74, 6) is 0.824. The second-order valence-corrected chi connectivity index (χ2v) is 6.38. The Balaban J connectivity index is 2.37. The highest BCUT2D eigenvalue weighted by atomic mass is 16.5. The molecule has 0 radical (unpaired) electrons. The minimum absolute atomic E-state index is 0.272. The van der Waals surface area contributed by atoms with Crippen LogP contribution < -0.4 is 4.74 Å². The van der Waals surface area contributed by atoms with Crippen LogP contribution in [0.2, 0.25) is 0 Å². The fourth-order valence-electron chi connectivity index (χ4n) is 3.14. The van der Waals surface area contributed by atoms with E-state index in [2.05, 4.69) is 31.7 Å². The topological polar surface area (TPSA) is 32.7 Å². The fourth-order valence-corrected chi connectivity index (χ4v) is 3.14. The van der Waals surface area contributed by atoms with Gasteiger partial charge in [0.1, 0.15) is 11.9 Å². The fraction of sp³-hybridized carbons (Fsp3) is 0.647. The maximum Gasteiger partial charge on any atom is 0.127 e. The van der Waals surface area contributed by atoms with Gasteiger partial charge in [0.05, 0.1) is 7.11 Å². The van der Waals surface area contributed by atoms with Gasteiger partial charge >= 0.3 is 0 Å². The van der Waals surface area contributed by atoms with Crippen molar-refractivity contribution in [3.05, 3.63) is 28.8 Å². The van der Waals surface area contributed by atoms with Gasteiger partial charge in [-0.05, 0) is 64.8 Å². The highest BCUT2D eigenvalue weighted by Gasteiger charge is 2.38. The third-order valence-electron chi connectivity index (χ3n) is 4.80. The number of ether oxygens (including phenoxy) is 1. The summed E-state index contributed by atoms with van der Waals surface area (Å²) in [6.45, 7) is 10.5. The molecule has 1 aliphatic rings. The molecule has 0 aliphatic carbocycles. The molecule has 3 nitrogen and oxygen atoms in total. The first-order valence-electron chi connectivity index (χ1n) is 7.46. The van der Waals surface area contributed by atoms with Gasteiger partial charge in [0.2, 0.25) is 0 Å². The lowest BCUT2D eigenvalue weighted by Crippen LogP contribution is -2.46. The monoisotopic (exact) mass is 277 g/mol. The molecule has 1 aromatic carbocycles. The summed E-state index contributed by atoms with van der Waals surface area (Å²) in [6, 6.07) is 4.07. The van der Waals surface area contributed by atoms with E-state index in [0.29, 0.717) is 0 Å². The maximum absolute atomic E-state index is 10.9. The van der Waals surface area contributed by atoms with E-state index in [1.807, 2.05) is 13.0 Å². The van der Waals surface area contributed by atoms with Crippen molar-refractivity contribution in [3.63, 3.8) is 0 Å². The number of likely N-dealkylation sites (tertiary alicyclic amines) is 1. The van der Waals surface area contributed by atoms with Crippen molar-refractivity contribution in [2.75, 3.05) is 20.2 Å². The molecule has 1 heterocycles. The van der Waals surface area contributed by atoms with Crippen LogP contribution >= 0.6 is 0 Å². The van der Waals surface area contributed by atoms with Crippen molar-refractivity contribution < 1.29 is 9.84 Å². The normalized spacial score (nSPS) is 18.3. The number of aryl methyl sites for hydroxylation is 1. The van der Waals surface area contributed by atoms with Crippen LogP contribution in [0.3, 0.4) is 0 Å². The number of benzene rings is 1. The van der Waals surface area contributed by atoms with Crippen LogP contribution in [0.4, 0.5) is 0 Å². The van der Waals surface area contributed by atoms with Crippen molar-refractivity contribution in [2.24, 2.45) is 0 Å². The number of methoxy groups -OCH3 is 1. The number of aliphatic hydroxyl groups excluding tert-OH is 1. The Labute approximate surface area is 122 Å². The number of hydrogen-bond acceptors (Lipinski definition) is 3. The van der Waals surface area contributed by atoms with Crippen LogP contribution in [0.15, 0.2) is 12.1 Å².